The zero-order valence-electron chi connectivity index (χ0n) is 9.39. The second-order valence-electron chi connectivity index (χ2n) is 3.14. The highest BCUT2D eigenvalue weighted by atomic mass is 16.5. The second-order valence-corrected chi connectivity index (χ2v) is 3.14. The summed E-state index contributed by atoms with van der Waals surface area (Å²) >= 11 is 0. The van der Waals surface area contributed by atoms with Crippen molar-refractivity contribution in [1.29, 1.82) is 0 Å². The van der Waals surface area contributed by atoms with E-state index in [0.717, 1.165) is 0 Å². The van der Waals surface area contributed by atoms with Crippen LogP contribution in [0.25, 0.3) is 0 Å². The summed E-state index contributed by atoms with van der Waals surface area (Å²) in [5, 5.41) is 2.95. The van der Waals surface area contributed by atoms with E-state index in [0.29, 0.717) is 24.4 Å². The lowest BCUT2D eigenvalue weighted by Crippen LogP contribution is -2.23. The summed E-state index contributed by atoms with van der Waals surface area (Å²) in [6.45, 7) is 1.04. The molecule has 0 spiro atoms. The molecule has 0 aliphatic carbocycles. The summed E-state index contributed by atoms with van der Waals surface area (Å²) < 4.78 is 14.2. The molecule has 0 saturated carbocycles. The van der Waals surface area contributed by atoms with Gasteiger partial charge in [-0.05, 0) is 6.07 Å². The van der Waals surface area contributed by atoms with E-state index in [1.165, 1.54) is 13.4 Å². The standard InChI is InChI=1S/C10H14N2O5/c1-15-9(13)7-4-8(17-6-7)5-12-2-3-16-10(11)14/h4,6,12H,2-3,5H2,1H3,(H2,11,14). The average molecular weight is 242 g/mol. The molecule has 0 fully saturated rings. The van der Waals surface area contributed by atoms with Crippen molar-refractivity contribution < 1.29 is 23.5 Å². The second kappa shape index (κ2) is 6.54. The van der Waals surface area contributed by atoms with E-state index in [-0.39, 0.29) is 6.61 Å². The van der Waals surface area contributed by atoms with E-state index in [1.807, 2.05) is 0 Å². The number of methoxy groups -OCH3 is 1. The molecule has 0 radical (unpaired) electrons. The summed E-state index contributed by atoms with van der Waals surface area (Å²) in [6.07, 6.45) is 0.515. The molecule has 1 amide bonds. The van der Waals surface area contributed by atoms with Gasteiger partial charge >= 0.3 is 12.1 Å². The van der Waals surface area contributed by atoms with Crippen molar-refractivity contribution >= 4 is 12.1 Å². The van der Waals surface area contributed by atoms with Gasteiger partial charge < -0.3 is 24.9 Å². The molecule has 7 nitrogen and oxygen atoms in total. The van der Waals surface area contributed by atoms with E-state index in [1.54, 1.807) is 6.07 Å². The molecule has 1 rings (SSSR count). The molecule has 17 heavy (non-hydrogen) atoms. The van der Waals surface area contributed by atoms with E-state index >= 15 is 0 Å². The van der Waals surface area contributed by atoms with E-state index in [9.17, 15) is 9.59 Å². The van der Waals surface area contributed by atoms with Gasteiger partial charge in [0.05, 0.1) is 19.2 Å². The Labute approximate surface area is 97.9 Å². The molecule has 1 heterocycles. The molecule has 0 aliphatic rings. The van der Waals surface area contributed by atoms with Gasteiger partial charge in [0.2, 0.25) is 0 Å². The highest BCUT2D eigenvalue weighted by molar-refractivity contribution is 5.88. The fourth-order valence-corrected chi connectivity index (χ4v) is 1.13. The maximum absolute atomic E-state index is 11.1. The van der Waals surface area contributed by atoms with Gasteiger partial charge in [0, 0.05) is 6.54 Å². The third kappa shape index (κ3) is 4.56. The Morgan fingerprint density at radius 2 is 2.29 bits per heavy atom. The number of esters is 1. The van der Waals surface area contributed by atoms with Crippen LogP contribution in [-0.4, -0.2) is 32.3 Å². The first kappa shape index (κ1) is 13.0. The Kier molecular flexibility index (Phi) is 5.02. The first-order valence-corrected chi connectivity index (χ1v) is 4.92. The lowest BCUT2D eigenvalue weighted by Gasteiger charge is -2.02. The largest absolute Gasteiger partial charge is 0.467 e. The van der Waals surface area contributed by atoms with Gasteiger partial charge in [-0.1, -0.05) is 0 Å². The van der Waals surface area contributed by atoms with E-state index < -0.39 is 12.1 Å². The molecule has 0 saturated heterocycles. The number of rotatable bonds is 6. The van der Waals surface area contributed by atoms with Crippen molar-refractivity contribution in [3.8, 4) is 0 Å². The van der Waals surface area contributed by atoms with Crippen LogP contribution >= 0.6 is 0 Å². The Bertz CT molecular complexity index is 388. The van der Waals surface area contributed by atoms with Gasteiger partial charge in [-0.15, -0.1) is 0 Å². The van der Waals surface area contributed by atoms with Crippen LogP contribution < -0.4 is 11.1 Å². The SMILES string of the molecule is COC(=O)c1coc(CNCCOC(N)=O)c1. The predicted octanol–water partition coefficient (Wildman–Crippen LogP) is 0.251. The van der Waals surface area contributed by atoms with Gasteiger partial charge in [0.1, 0.15) is 18.6 Å². The Morgan fingerprint density at radius 1 is 1.53 bits per heavy atom. The van der Waals surface area contributed by atoms with E-state index in [4.69, 9.17) is 10.2 Å². The summed E-state index contributed by atoms with van der Waals surface area (Å²) in [6, 6.07) is 1.58. The highest BCUT2D eigenvalue weighted by Crippen LogP contribution is 2.08. The van der Waals surface area contributed by atoms with E-state index in [2.05, 4.69) is 14.8 Å². The van der Waals surface area contributed by atoms with Crippen LogP contribution in [0.15, 0.2) is 16.7 Å². The van der Waals surface area contributed by atoms with Crippen molar-refractivity contribution in [2.24, 2.45) is 5.73 Å². The molecule has 0 unspecified atom stereocenters. The number of carbonyl (C=O) groups excluding carboxylic acids is 2. The van der Waals surface area contributed by atoms with Crippen LogP contribution in [0.3, 0.4) is 0 Å². The number of furan rings is 1. The maximum atomic E-state index is 11.1. The van der Waals surface area contributed by atoms with Crippen LogP contribution in [0.4, 0.5) is 4.79 Å². The summed E-state index contributed by atoms with van der Waals surface area (Å²) in [4.78, 5) is 21.4. The highest BCUT2D eigenvalue weighted by Gasteiger charge is 2.09. The number of primary amides is 1. The monoisotopic (exact) mass is 242 g/mol. The summed E-state index contributed by atoms with van der Waals surface area (Å²) in [5.74, 6) is 0.140. The van der Waals surface area contributed by atoms with Crippen LogP contribution in [0.5, 0.6) is 0 Å². The number of ether oxygens (including phenoxy) is 2. The molecule has 0 aromatic carbocycles. The van der Waals surface area contributed by atoms with Gasteiger partial charge in [-0.3, -0.25) is 0 Å². The molecule has 7 heteroatoms. The van der Waals surface area contributed by atoms with Crippen molar-refractivity contribution in [1.82, 2.24) is 5.32 Å². The first-order chi connectivity index (χ1) is 8.13. The predicted molar refractivity (Wildman–Crippen MR) is 57.3 cm³/mol. The minimum Gasteiger partial charge on any atom is -0.467 e. The van der Waals surface area contributed by atoms with Crippen molar-refractivity contribution in [2.75, 3.05) is 20.3 Å². The molecular formula is C10H14N2O5. The molecule has 0 atom stereocenters. The van der Waals surface area contributed by atoms with Gasteiger partial charge in [-0.25, -0.2) is 9.59 Å². The number of nitrogens with one attached hydrogen (secondary N) is 1. The number of amides is 1. The van der Waals surface area contributed by atoms with Crippen molar-refractivity contribution in [3.63, 3.8) is 0 Å². The van der Waals surface area contributed by atoms with Crippen LogP contribution in [0, 0.1) is 0 Å². The number of carbonyl (C=O) groups is 2. The number of hydrogen-bond acceptors (Lipinski definition) is 6. The third-order valence-corrected chi connectivity index (χ3v) is 1.90. The molecule has 94 valence electrons. The Morgan fingerprint density at radius 3 is 2.94 bits per heavy atom. The fraction of sp³-hybridized carbons (Fsp3) is 0.400. The van der Waals surface area contributed by atoms with Gasteiger partial charge in [0.15, 0.2) is 0 Å². The molecule has 3 N–H and O–H groups in total. The number of hydrogen-bond donors (Lipinski definition) is 2. The van der Waals surface area contributed by atoms with Crippen LogP contribution in [-0.2, 0) is 16.0 Å². The van der Waals surface area contributed by atoms with Gasteiger partial charge in [0.25, 0.3) is 0 Å². The minimum absolute atomic E-state index is 0.180. The first-order valence-electron chi connectivity index (χ1n) is 4.92. The molecule has 1 aromatic rings. The smallest absolute Gasteiger partial charge is 0.404 e. The van der Waals surface area contributed by atoms with Crippen molar-refractivity contribution in [2.45, 2.75) is 6.54 Å². The third-order valence-electron chi connectivity index (χ3n) is 1.90. The van der Waals surface area contributed by atoms with Crippen LogP contribution in [0.2, 0.25) is 0 Å². The zero-order chi connectivity index (χ0) is 12.7. The maximum Gasteiger partial charge on any atom is 0.404 e. The normalized spacial score (nSPS) is 9.94. The molecule has 0 aliphatic heterocycles. The summed E-state index contributed by atoms with van der Waals surface area (Å²) in [7, 11) is 1.30. The fourth-order valence-electron chi connectivity index (χ4n) is 1.13. The average Bonchev–Trinajstić information content (AvgIpc) is 2.76. The molecular weight excluding hydrogens is 228 g/mol. The van der Waals surface area contributed by atoms with Crippen molar-refractivity contribution in [3.05, 3.63) is 23.7 Å². The van der Waals surface area contributed by atoms with Crippen LogP contribution in [0.1, 0.15) is 16.1 Å². The minimum atomic E-state index is -0.808. The topological polar surface area (TPSA) is 104 Å². The quantitative estimate of drug-likeness (QED) is 0.547. The summed E-state index contributed by atoms with van der Waals surface area (Å²) in [5.41, 5.74) is 5.14. The zero-order valence-corrected chi connectivity index (χ0v) is 9.39. The Hall–Kier alpha value is -2.02. The molecule has 1 aromatic heterocycles. The van der Waals surface area contributed by atoms with Gasteiger partial charge in [-0.2, -0.15) is 0 Å². The number of nitrogens with two attached hydrogens (primary N) is 1. The lowest BCUT2D eigenvalue weighted by molar-refractivity contribution is 0.0600. The lowest BCUT2D eigenvalue weighted by atomic mass is 10.3. The Balaban J connectivity index is 2.25. The molecule has 0 bridgehead atoms.